The lowest BCUT2D eigenvalue weighted by Gasteiger charge is -2.16. The first-order chi connectivity index (χ1) is 13.0. The van der Waals surface area contributed by atoms with Gasteiger partial charge in [0.2, 0.25) is 0 Å². The SMILES string of the molecule is O=C(NOC(F)(F)c1ccc(Cl)cn1)c1cccc2oc3ccccc3c12. The number of nitrogens with one attached hydrogen (secondary N) is 1. The molecule has 0 atom stereocenters. The summed E-state index contributed by atoms with van der Waals surface area (Å²) in [5.41, 5.74) is 2.32. The van der Waals surface area contributed by atoms with E-state index in [0.29, 0.717) is 21.9 Å². The quantitative estimate of drug-likeness (QED) is 0.497. The number of nitrogens with zero attached hydrogens (tertiary/aromatic N) is 1. The third-order valence-electron chi connectivity index (χ3n) is 3.94. The predicted octanol–water partition coefficient (Wildman–Crippen LogP) is 5.05. The minimum Gasteiger partial charge on any atom is -0.456 e. The van der Waals surface area contributed by atoms with Gasteiger partial charge in [0, 0.05) is 17.0 Å². The van der Waals surface area contributed by atoms with Crippen molar-refractivity contribution in [2.75, 3.05) is 0 Å². The van der Waals surface area contributed by atoms with Crippen molar-refractivity contribution in [1.82, 2.24) is 10.5 Å². The molecule has 0 aliphatic heterocycles. The number of halogens is 3. The average molecular weight is 389 g/mol. The maximum atomic E-state index is 14.1. The Bertz CT molecular complexity index is 1140. The Balaban J connectivity index is 1.63. The van der Waals surface area contributed by atoms with Crippen LogP contribution in [0.3, 0.4) is 0 Å². The normalized spacial score (nSPS) is 11.8. The molecule has 2 heterocycles. The number of para-hydroxylation sites is 1. The van der Waals surface area contributed by atoms with Crippen LogP contribution in [0.1, 0.15) is 16.1 Å². The Kier molecular flexibility index (Phi) is 4.25. The molecule has 8 heteroatoms. The van der Waals surface area contributed by atoms with Gasteiger partial charge in [0.25, 0.3) is 5.91 Å². The Morgan fingerprint density at radius 1 is 1.07 bits per heavy atom. The van der Waals surface area contributed by atoms with Crippen LogP contribution in [0.5, 0.6) is 0 Å². The van der Waals surface area contributed by atoms with Gasteiger partial charge in [-0.25, -0.2) is 5.48 Å². The van der Waals surface area contributed by atoms with E-state index in [-0.39, 0.29) is 10.6 Å². The van der Waals surface area contributed by atoms with Gasteiger partial charge in [0.15, 0.2) is 0 Å². The fraction of sp³-hybridized carbons (Fsp3) is 0.0526. The number of hydrogen-bond donors (Lipinski definition) is 1. The van der Waals surface area contributed by atoms with E-state index >= 15 is 0 Å². The molecule has 2 aromatic carbocycles. The molecule has 5 nitrogen and oxygen atoms in total. The van der Waals surface area contributed by atoms with Gasteiger partial charge in [-0.15, -0.1) is 0 Å². The van der Waals surface area contributed by atoms with Crippen LogP contribution in [0, 0.1) is 0 Å². The number of carbonyl (C=O) groups is 1. The maximum Gasteiger partial charge on any atom is 0.419 e. The lowest BCUT2D eigenvalue weighted by molar-refractivity contribution is -0.275. The Morgan fingerprint density at radius 2 is 1.85 bits per heavy atom. The number of fused-ring (bicyclic) bond motifs is 3. The van der Waals surface area contributed by atoms with Gasteiger partial charge in [-0.3, -0.25) is 9.78 Å². The van der Waals surface area contributed by atoms with Crippen LogP contribution in [-0.2, 0) is 10.9 Å². The second kappa shape index (κ2) is 6.61. The summed E-state index contributed by atoms with van der Waals surface area (Å²) in [4.78, 5) is 20.3. The van der Waals surface area contributed by atoms with Crippen molar-refractivity contribution >= 4 is 39.4 Å². The molecule has 0 aliphatic rings. The number of benzene rings is 2. The molecule has 0 radical (unpaired) electrons. The van der Waals surface area contributed by atoms with Gasteiger partial charge >= 0.3 is 6.11 Å². The molecule has 4 aromatic rings. The van der Waals surface area contributed by atoms with Crippen molar-refractivity contribution in [3.63, 3.8) is 0 Å². The van der Waals surface area contributed by atoms with Gasteiger partial charge < -0.3 is 4.42 Å². The van der Waals surface area contributed by atoms with Crippen molar-refractivity contribution in [2.45, 2.75) is 6.11 Å². The first-order valence-electron chi connectivity index (χ1n) is 7.84. The summed E-state index contributed by atoms with van der Waals surface area (Å²) < 4.78 is 33.9. The highest BCUT2D eigenvalue weighted by molar-refractivity contribution is 6.30. The Labute approximate surface area is 156 Å². The summed E-state index contributed by atoms with van der Waals surface area (Å²) in [5.74, 6) is -0.833. The third kappa shape index (κ3) is 3.22. The Hall–Kier alpha value is -3.03. The molecular weight excluding hydrogens is 378 g/mol. The summed E-state index contributed by atoms with van der Waals surface area (Å²) in [6.45, 7) is 0. The molecule has 0 unspecified atom stereocenters. The van der Waals surface area contributed by atoms with Crippen LogP contribution in [0.4, 0.5) is 8.78 Å². The monoisotopic (exact) mass is 388 g/mol. The zero-order valence-corrected chi connectivity index (χ0v) is 14.3. The highest BCUT2D eigenvalue weighted by atomic mass is 35.5. The van der Waals surface area contributed by atoms with Crippen LogP contribution >= 0.6 is 11.6 Å². The average Bonchev–Trinajstić information content (AvgIpc) is 3.05. The summed E-state index contributed by atoms with van der Waals surface area (Å²) in [6, 6.07) is 14.2. The largest absolute Gasteiger partial charge is 0.456 e. The van der Waals surface area contributed by atoms with E-state index in [9.17, 15) is 13.6 Å². The number of alkyl halides is 2. The first kappa shape index (κ1) is 17.4. The molecule has 0 bridgehead atoms. The van der Waals surface area contributed by atoms with Gasteiger partial charge in [-0.1, -0.05) is 35.9 Å². The van der Waals surface area contributed by atoms with Gasteiger partial charge in [-0.05, 0) is 30.3 Å². The van der Waals surface area contributed by atoms with Crippen molar-refractivity contribution in [3.8, 4) is 0 Å². The number of carbonyl (C=O) groups excluding carboxylic acids is 1. The first-order valence-corrected chi connectivity index (χ1v) is 8.22. The summed E-state index contributed by atoms with van der Waals surface area (Å²) in [6.07, 6.45) is -2.76. The number of furan rings is 1. The van der Waals surface area contributed by atoms with E-state index < -0.39 is 17.7 Å². The summed E-state index contributed by atoms with van der Waals surface area (Å²) in [7, 11) is 0. The number of aromatic nitrogens is 1. The van der Waals surface area contributed by atoms with Crippen LogP contribution in [0.15, 0.2) is 65.2 Å². The number of pyridine rings is 1. The zero-order chi connectivity index (χ0) is 19.0. The Morgan fingerprint density at radius 3 is 2.63 bits per heavy atom. The number of amides is 1. The van der Waals surface area contributed by atoms with Crippen LogP contribution < -0.4 is 5.48 Å². The predicted molar refractivity (Wildman–Crippen MR) is 95.4 cm³/mol. The minimum atomic E-state index is -3.83. The van der Waals surface area contributed by atoms with Crippen molar-refractivity contribution < 1.29 is 22.8 Å². The van der Waals surface area contributed by atoms with E-state index in [1.165, 1.54) is 12.1 Å². The standard InChI is InChI=1S/C19H11ClF2N2O3/c20-11-8-9-16(23-10-11)19(21,22)27-24-18(25)13-5-3-7-15-17(13)12-4-1-2-6-14(12)26-15/h1-10H,(H,24,25). The van der Waals surface area contributed by atoms with E-state index in [2.05, 4.69) is 9.82 Å². The molecule has 0 aliphatic carbocycles. The van der Waals surface area contributed by atoms with E-state index in [4.69, 9.17) is 16.0 Å². The van der Waals surface area contributed by atoms with Gasteiger partial charge in [-0.2, -0.15) is 13.6 Å². The van der Waals surface area contributed by atoms with Crippen molar-refractivity contribution in [2.24, 2.45) is 0 Å². The lowest BCUT2D eigenvalue weighted by Crippen LogP contribution is -2.33. The molecule has 136 valence electrons. The molecule has 0 spiro atoms. The number of hydrogen-bond acceptors (Lipinski definition) is 4. The topological polar surface area (TPSA) is 64.4 Å². The molecule has 1 amide bonds. The van der Waals surface area contributed by atoms with Gasteiger partial charge in [0.05, 0.1) is 10.6 Å². The molecule has 1 N–H and O–H groups in total. The van der Waals surface area contributed by atoms with E-state index in [1.807, 2.05) is 0 Å². The smallest absolute Gasteiger partial charge is 0.419 e. The second-order valence-corrected chi connectivity index (χ2v) is 6.13. The molecule has 4 rings (SSSR count). The van der Waals surface area contributed by atoms with Crippen LogP contribution in [-0.4, -0.2) is 10.9 Å². The number of hydroxylamine groups is 1. The van der Waals surface area contributed by atoms with Crippen LogP contribution in [0.2, 0.25) is 5.02 Å². The highest BCUT2D eigenvalue weighted by Gasteiger charge is 2.36. The van der Waals surface area contributed by atoms with Gasteiger partial charge in [0.1, 0.15) is 16.9 Å². The fourth-order valence-electron chi connectivity index (χ4n) is 2.73. The maximum absolute atomic E-state index is 14.1. The molecule has 27 heavy (non-hydrogen) atoms. The summed E-state index contributed by atoms with van der Waals surface area (Å²) >= 11 is 5.63. The zero-order valence-electron chi connectivity index (χ0n) is 13.6. The fourth-order valence-corrected chi connectivity index (χ4v) is 2.84. The minimum absolute atomic E-state index is 0.150. The van der Waals surface area contributed by atoms with E-state index in [0.717, 1.165) is 12.3 Å². The third-order valence-corrected chi connectivity index (χ3v) is 4.17. The molecule has 0 saturated carbocycles. The molecule has 0 fully saturated rings. The highest BCUT2D eigenvalue weighted by Crippen LogP contribution is 2.32. The van der Waals surface area contributed by atoms with Crippen molar-refractivity contribution in [1.29, 1.82) is 0 Å². The van der Waals surface area contributed by atoms with Crippen LogP contribution in [0.25, 0.3) is 21.9 Å². The lowest BCUT2D eigenvalue weighted by atomic mass is 10.1. The summed E-state index contributed by atoms with van der Waals surface area (Å²) in [5, 5.41) is 1.42. The van der Waals surface area contributed by atoms with E-state index in [1.54, 1.807) is 41.9 Å². The molecule has 2 aromatic heterocycles. The number of rotatable bonds is 4. The van der Waals surface area contributed by atoms with Crippen molar-refractivity contribution in [3.05, 3.63) is 77.1 Å². The molecule has 0 saturated heterocycles. The second-order valence-electron chi connectivity index (χ2n) is 5.69. The molecular formula is C19H11ClF2N2O3.